The predicted molar refractivity (Wildman–Crippen MR) is 138 cm³/mol. The molecule has 8 nitrogen and oxygen atoms in total. The molecule has 184 valence electrons. The first-order valence-electron chi connectivity index (χ1n) is 12.3. The largest absolute Gasteiger partial charge is 0.480 e. The zero-order valence-electron chi connectivity index (χ0n) is 20.1. The molecule has 9 heteroatoms. The molecule has 0 bridgehead atoms. The predicted octanol–water partition coefficient (Wildman–Crippen LogP) is 5.12. The molecule has 2 fully saturated rings. The van der Waals surface area contributed by atoms with E-state index in [1.807, 2.05) is 18.2 Å². The SMILES string of the molecule is CCC(=O)COc1cc2cc(Nc3nc(N4CCC(C)CC4)ncc3Cl)ccc2n(C2CC2)c1=O. The molecule has 1 aliphatic carbocycles. The number of halogens is 1. The Bertz CT molecular complexity index is 1310. The molecule has 1 N–H and O–H groups in total. The van der Waals surface area contributed by atoms with Crippen molar-refractivity contribution in [3.63, 3.8) is 0 Å². The first-order chi connectivity index (χ1) is 16.9. The van der Waals surface area contributed by atoms with Crippen molar-refractivity contribution in [1.29, 1.82) is 0 Å². The van der Waals surface area contributed by atoms with Gasteiger partial charge in [-0.2, -0.15) is 4.98 Å². The molecule has 35 heavy (non-hydrogen) atoms. The van der Waals surface area contributed by atoms with Gasteiger partial charge in [0.1, 0.15) is 11.6 Å². The van der Waals surface area contributed by atoms with E-state index < -0.39 is 0 Å². The quantitative estimate of drug-likeness (QED) is 0.464. The van der Waals surface area contributed by atoms with Crippen LogP contribution in [0.3, 0.4) is 0 Å². The molecule has 0 amide bonds. The molecule has 2 aromatic heterocycles. The van der Waals surface area contributed by atoms with E-state index in [1.165, 1.54) is 0 Å². The van der Waals surface area contributed by atoms with Gasteiger partial charge in [-0.3, -0.25) is 9.59 Å². The van der Waals surface area contributed by atoms with Crippen molar-refractivity contribution in [3.8, 4) is 5.75 Å². The number of carbonyl (C=O) groups excluding carboxylic acids is 1. The Morgan fingerprint density at radius 1 is 1.20 bits per heavy atom. The van der Waals surface area contributed by atoms with Crippen LogP contribution in [-0.4, -0.2) is 40.0 Å². The fourth-order valence-electron chi connectivity index (χ4n) is 4.40. The number of piperidine rings is 1. The number of pyridine rings is 1. The maximum absolute atomic E-state index is 13.1. The lowest BCUT2D eigenvalue weighted by Crippen LogP contribution is -2.34. The average Bonchev–Trinajstić information content (AvgIpc) is 3.69. The second-order valence-electron chi connectivity index (χ2n) is 9.53. The van der Waals surface area contributed by atoms with Gasteiger partial charge in [0.15, 0.2) is 17.4 Å². The Kier molecular flexibility index (Phi) is 6.65. The third kappa shape index (κ3) is 5.12. The number of hydrogen-bond donors (Lipinski definition) is 1. The van der Waals surface area contributed by atoms with Crippen molar-refractivity contribution in [3.05, 3.63) is 45.8 Å². The van der Waals surface area contributed by atoms with Gasteiger partial charge in [-0.05, 0) is 55.9 Å². The summed E-state index contributed by atoms with van der Waals surface area (Å²) in [5.41, 5.74) is 1.44. The molecule has 1 saturated carbocycles. The number of aromatic nitrogens is 3. The summed E-state index contributed by atoms with van der Waals surface area (Å²) in [7, 11) is 0. The number of nitrogens with one attached hydrogen (secondary N) is 1. The molecule has 5 rings (SSSR count). The molecule has 1 aromatic carbocycles. The highest BCUT2D eigenvalue weighted by Crippen LogP contribution is 2.37. The average molecular weight is 496 g/mol. The molecule has 0 atom stereocenters. The minimum absolute atomic E-state index is 0.0461. The number of nitrogens with zero attached hydrogens (tertiary/aromatic N) is 4. The molecule has 3 heterocycles. The van der Waals surface area contributed by atoms with E-state index in [9.17, 15) is 9.59 Å². The zero-order valence-corrected chi connectivity index (χ0v) is 20.8. The van der Waals surface area contributed by atoms with Crippen molar-refractivity contribution in [2.45, 2.75) is 52.0 Å². The molecule has 0 radical (unpaired) electrons. The summed E-state index contributed by atoms with van der Waals surface area (Å²) in [6, 6.07) is 7.68. The van der Waals surface area contributed by atoms with Gasteiger partial charge in [0.2, 0.25) is 5.95 Å². The van der Waals surface area contributed by atoms with Gasteiger partial charge in [0, 0.05) is 36.6 Å². The first-order valence-corrected chi connectivity index (χ1v) is 12.7. The van der Waals surface area contributed by atoms with Crippen molar-refractivity contribution in [1.82, 2.24) is 14.5 Å². The third-order valence-electron chi connectivity index (χ3n) is 6.76. The molecule has 2 aliphatic rings. The summed E-state index contributed by atoms with van der Waals surface area (Å²) in [6.07, 6.45) is 6.16. The smallest absolute Gasteiger partial charge is 0.293 e. The summed E-state index contributed by atoms with van der Waals surface area (Å²) in [4.78, 5) is 36.2. The van der Waals surface area contributed by atoms with E-state index in [1.54, 1.807) is 23.8 Å². The summed E-state index contributed by atoms with van der Waals surface area (Å²) in [6.45, 7) is 5.81. The van der Waals surface area contributed by atoms with Crippen LogP contribution in [-0.2, 0) is 4.79 Å². The van der Waals surface area contributed by atoms with Crippen molar-refractivity contribution >= 4 is 45.7 Å². The monoisotopic (exact) mass is 495 g/mol. The Morgan fingerprint density at radius 2 is 1.97 bits per heavy atom. The van der Waals surface area contributed by atoms with Crippen LogP contribution in [0.25, 0.3) is 10.9 Å². The van der Waals surface area contributed by atoms with Gasteiger partial charge in [0.05, 0.1) is 11.7 Å². The van der Waals surface area contributed by atoms with Crippen molar-refractivity contribution in [2.24, 2.45) is 5.92 Å². The molecule has 0 unspecified atom stereocenters. The number of benzene rings is 1. The van der Waals surface area contributed by atoms with E-state index in [0.29, 0.717) is 23.2 Å². The number of hydrogen-bond acceptors (Lipinski definition) is 7. The minimum Gasteiger partial charge on any atom is -0.480 e. The van der Waals surface area contributed by atoms with Crippen LogP contribution in [0.4, 0.5) is 17.5 Å². The third-order valence-corrected chi connectivity index (χ3v) is 7.04. The number of carbonyl (C=O) groups is 1. The molecule has 3 aromatic rings. The van der Waals surface area contributed by atoms with E-state index in [2.05, 4.69) is 22.1 Å². The molecular formula is C26H30ClN5O3. The lowest BCUT2D eigenvalue weighted by Gasteiger charge is -2.30. The van der Waals surface area contributed by atoms with E-state index >= 15 is 0 Å². The number of rotatable bonds is 8. The van der Waals surface area contributed by atoms with Crippen LogP contribution < -0.4 is 20.5 Å². The number of fused-ring (bicyclic) bond motifs is 1. The van der Waals surface area contributed by atoms with Gasteiger partial charge in [0.25, 0.3) is 5.56 Å². The van der Waals surface area contributed by atoms with E-state index in [0.717, 1.165) is 61.3 Å². The lowest BCUT2D eigenvalue weighted by molar-refractivity contribution is -0.120. The number of ketones is 1. The maximum Gasteiger partial charge on any atom is 0.293 e. The number of anilines is 3. The Labute approximate surface area is 209 Å². The van der Waals surface area contributed by atoms with E-state index in [-0.39, 0.29) is 29.7 Å². The fraction of sp³-hybridized carbons (Fsp3) is 0.462. The van der Waals surface area contributed by atoms with Crippen LogP contribution in [0.5, 0.6) is 5.75 Å². The Morgan fingerprint density at radius 3 is 2.69 bits per heavy atom. The second-order valence-corrected chi connectivity index (χ2v) is 9.94. The van der Waals surface area contributed by atoms with Crippen molar-refractivity contribution in [2.75, 3.05) is 29.9 Å². The highest BCUT2D eigenvalue weighted by Gasteiger charge is 2.28. The number of Topliss-reactive ketones (excluding diaryl/α,β-unsaturated/α-hetero) is 1. The van der Waals surface area contributed by atoms with Crippen LogP contribution >= 0.6 is 11.6 Å². The Balaban J connectivity index is 1.45. The highest BCUT2D eigenvalue weighted by atomic mass is 35.5. The summed E-state index contributed by atoms with van der Waals surface area (Å²) < 4.78 is 7.42. The van der Waals surface area contributed by atoms with Crippen molar-refractivity contribution < 1.29 is 9.53 Å². The van der Waals surface area contributed by atoms with Gasteiger partial charge in [-0.15, -0.1) is 0 Å². The van der Waals surface area contributed by atoms with Crippen LogP contribution in [0, 0.1) is 5.92 Å². The maximum atomic E-state index is 13.1. The second kappa shape index (κ2) is 9.85. The van der Waals surface area contributed by atoms with Gasteiger partial charge < -0.3 is 19.5 Å². The molecule has 1 saturated heterocycles. The number of ether oxygens (including phenoxy) is 1. The van der Waals surface area contributed by atoms with Gasteiger partial charge in [-0.1, -0.05) is 25.4 Å². The lowest BCUT2D eigenvalue weighted by atomic mass is 10.00. The van der Waals surface area contributed by atoms with Crippen LogP contribution in [0.2, 0.25) is 5.02 Å². The summed E-state index contributed by atoms with van der Waals surface area (Å²) in [5, 5.41) is 4.60. The summed E-state index contributed by atoms with van der Waals surface area (Å²) >= 11 is 6.43. The molecular weight excluding hydrogens is 466 g/mol. The molecule has 0 spiro atoms. The normalized spacial score (nSPS) is 16.5. The van der Waals surface area contributed by atoms with Crippen LogP contribution in [0.1, 0.15) is 52.0 Å². The topological polar surface area (TPSA) is 89.3 Å². The standard InChI is InChI=1S/C26H30ClN5O3/c1-3-20(33)15-35-23-13-17-12-18(4-7-22(17)32(25(23)34)19-5-6-19)29-24-21(27)14-28-26(30-24)31-10-8-16(2)9-11-31/h4,7,12-14,16,19H,3,5-6,8-11,15H2,1-2H3,(H,28,29,30). The Hall–Kier alpha value is -3.13. The summed E-state index contributed by atoms with van der Waals surface area (Å²) in [5.74, 6) is 2.08. The van der Waals surface area contributed by atoms with E-state index in [4.69, 9.17) is 21.3 Å². The van der Waals surface area contributed by atoms with Gasteiger partial charge >= 0.3 is 0 Å². The first kappa shape index (κ1) is 23.6. The van der Waals surface area contributed by atoms with Gasteiger partial charge in [-0.25, -0.2) is 4.98 Å². The highest BCUT2D eigenvalue weighted by molar-refractivity contribution is 6.32. The zero-order chi connectivity index (χ0) is 24.5. The molecule has 1 aliphatic heterocycles. The minimum atomic E-state index is -0.191. The van der Waals surface area contributed by atoms with Crippen LogP contribution in [0.15, 0.2) is 35.3 Å². The fourth-order valence-corrected chi connectivity index (χ4v) is 4.54.